The maximum absolute atomic E-state index is 12.8. The summed E-state index contributed by atoms with van der Waals surface area (Å²) in [6.07, 6.45) is 23.7. The van der Waals surface area contributed by atoms with E-state index in [1.165, 1.54) is 70.6 Å². The van der Waals surface area contributed by atoms with Crippen LogP contribution in [-0.4, -0.2) is 111 Å². The number of epoxide rings is 1. The van der Waals surface area contributed by atoms with Gasteiger partial charge in [-0.15, -0.1) is 0 Å². The van der Waals surface area contributed by atoms with Gasteiger partial charge in [0.25, 0.3) is 0 Å². The van der Waals surface area contributed by atoms with Crippen LogP contribution in [0, 0.1) is 0 Å². The number of carbonyl (C=O) groups is 2. The molecule has 10 atom stereocenters. The first-order valence-corrected chi connectivity index (χ1v) is 24.4. The molecular formula is C45H79O14P. The van der Waals surface area contributed by atoms with Gasteiger partial charge in [-0.2, -0.15) is 0 Å². The van der Waals surface area contributed by atoms with Crippen LogP contribution in [0.2, 0.25) is 0 Å². The Kier molecular flexibility index (Phi) is 29.5. The molecule has 1 aliphatic heterocycles. The summed E-state index contributed by atoms with van der Waals surface area (Å²) in [5.74, 6) is -1.17. The third-order valence-corrected chi connectivity index (χ3v) is 11.9. The molecule has 1 aliphatic carbocycles. The van der Waals surface area contributed by atoms with E-state index in [0.717, 1.165) is 51.4 Å². The molecule has 60 heavy (non-hydrogen) atoms. The lowest BCUT2D eigenvalue weighted by Crippen LogP contribution is -2.64. The second-order valence-electron chi connectivity index (χ2n) is 16.3. The number of aliphatic hydroxyl groups excluding tert-OH is 5. The van der Waals surface area contributed by atoms with Gasteiger partial charge in [0.2, 0.25) is 0 Å². The Bertz CT molecular complexity index is 1260. The second kappa shape index (κ2) is 32.7. The molecule has 0 radical (unpaired) electrons. The molecule has 15 heteroatoms. The first-order chi connectivity index (χ1) is 28.9. The molecule has 6 N–H and O–H groups in total. The number of allylic oxidation sites excluding steroid dienone is 4. The topological polar surface area (TPSA) is 222 Å². The van der Waals surface area contributed by atoms with Crippen molar-refractivity contribution in [2.45, 2.75) is 223 Å². The van der Waals surface area contributed by atoms with Crippen molar-refractivity contribution in [1.29, 1.82) is 0 Å². The fourth-order valence-electron chi connectivity index (χ4n) is 7.03. The number of esters is 2. The maximum Gasteiger partial charge on any atom is 0.472 e. The third kappa shape index (κ3) is 24.6. The molecule has 0 spiro atoms. The summed E-state index contributed by atoms with van der Waals surface area (Å²) in [5, 5.41) is 50.1. The van der Waals surface area contributed by atoms with E-state index < -0.39 is 75.7 Å². The standard InChI is InChI=1S/C45H79O14P/c1-3-5-7-9-11-13-14-15-16-18-20-22-28-32-39(47)57-35(34-56-60(53,54)59-45-43(51)41(49)40(48)42(50)44(45)52)33-55-38(46)31-27-24-23-26-30-37-36(58-37)29-25-21-19-17-12-10-8-6-4-2/h12,17,21,23,25-26,35-37,40-45,48-52H,3-11,13-16,18-20,22,24,27-34H2,1-2H3,(H,53,54)/b17-12-,25-21-,26-23-/t35-,36?,37?,40?,41-,42+,43-,44-,45?/m1/s1. The van der Waals surface area contributed by atoms with Gasteiger partial charge in [0.1, 0.15) is 43.2 Å². The maximum atomic E-state index is 12.8. The predicted molar refractivity (Wildman–Crippen MR) is 230 cm³/mol. The third-order valence-electron chi connectivity index (χ3n) is 10.9. The molecule has 1 heterocycles. The van der Waals surface area contributed by atoms with Crippen LogP contribution in [0.3, 0.4) is 0 Å². The van der Waals surface area contributed by atoms with E-state index in [1.54, 1.807) is 0 Å². The number of rotatable bonds is 36. The molecule has 0 amide bonds. The average Bonchev–Trinajstić information content (AvgIpc) is 3.99. The van der Waals surface area contributed by atoms with E-state index in [4.69, 9.17) is 23.3 Å². The van der Waals surface area contributed by atoms with Gasteiger partial charge in [0.15, 0.2) is 6.10 Å². The van der Waals surface area contributed by atoms with Crippen molar-refractivity contribution in [3.63, 3.8) is 0 Å². The molecule has 0 aromatic rings. The molecule has 2 fully saturated rings. The molecule has 1 saturated heterocycles. The summed E-state index contributed by atoms with van der Waals surface area (Å²) in [6.45, 7) is 3.20. The van der Waals surface area contributed by atoms with E-state index in [-0.39, 0.29) is 25.0 Å². The Hall–Kier alpha value is -1.97. The Labute approximate surface area is 359 Å². The Morgan fingerprint density at radius 2 is 1.05 bits per heavy atom. The van der Waals surface area contributed by atoms with E-state index in [9.17, 15) is 44.6 Å². The summed E-state index contributed by atoms with van der Waals surface area (Å²) >= 11 is 0. The van der Waals surface area contributed by atoms with Gasteiger partial charge in [0, 0.05) is 12.8 Å². The summed E-state index contributed by atoms with van der Waals surface area (Å²) in [5.41, 5.74) is 0. The predicted octanol–water partition coefficient (Wildman–Crippen LogP) is 7.60. The Balaban J connectivity index is 1.74. The fourth-order valence-corrected chi connectivity index (χ4v) is 8.00. The SMILES string of the molecule is CCCCC/C=C\C/C=C\CC1OC1C/C=C\CCCC(=O)OC[C@H](COP(=O)(O)OC1[C@H](O)[C@H](O)C(O)[C@H](O)[C@H]1O)OC(=O)CCCCCCCCCCCCCCC. The van der Waals surface area contributed by atoms with Crippen LogP contribution < -0.4 is 0 Å². The van der Waals surface area contributed by atoms with Gasteiger partial charge < -0.3 is 44.6 Å². The molecule has 348 valence electrons. The number of hydrogen-bond donors (Lipinski definition) is 6. The highest BCUT2D eigenvalue weighted by atomic mass is 31.2. The molecule has 0 aromatic heterocycles. The van der Waals surface area contributed by atoms with E-state index >= 15 is 0 Å². The average molecular weight is 875 g/mol. The van der Waals surface area contributed by atoms with E-state index in [1.807, 2.05) is 12.2 Å². The highest BCUT2D eigenvalue weighted by Gasteiger charge is 2.51. The van der Waals surface area contributed by atoms with Crippen molar-refractivity contribution in [3.05, 3.63) is 36.5 Å². The second-order valence-corrected chi connectivity index (χ2v) is 17.7. The van der Waals surface area contributed by atoms with Crippen LogP contribution in [0.25, 0.3) is 0 Å². The largest absolute Gasteiger partial charge is 0.472 e. The zero-order valence-electron chi connectivity index (χ0n) is 36.4. The number of ether oxygens (including phenoxy) is 3. The number of aliphatic hydroxyl groups is 5. The van der Waals surface area contributed by atoms with Crippen molar-refractivity contribution in [2.24, 2.45) is 0 Å². The smallest absolute Gasteiger partial charge is 0.462 e. The van der Waals surface area contributed by atoms with E-state index in [0.29, 0.717) is 19.3 Å². The minimum absolute atomic E-state index is 0.0839. The Morgan fingerprint density at radius 1 is 0.583 bits per heavy atom. The number of unbranched alkanes of at least 4 members (excludes halogenated alkanes) is 16. The van der Waals surface area contributed by atoms with Crippen molar-refractivity contribution < 1.29 is 67.8 Å². The van der Waals surface area contributed by atoms with Gasteiger partial charge in [0.05, 0.1) is 18.8 Å². The monoisotopic (exact) mass is 875 g/mol. The minimum atomic E-state index is -5.13. The van der Waals surface area contributed by atoms with Crippen LogP contribution in [0.5, 0.6) is 0 Å². The van der Waals surface area contributed by atoms with Gasteiger partial charge in [-0.3, -0.25) is 18.6 Å². The number of phosphoric ester groups is 1. The minimum Gasteiger partial charge on any atom is -0.462 e. The lowest BCUT2D eigenvalue weighted by Gasteiger charge is -2.41. The van der Waals surface area contributed by atoms with Crippen LogP contribution >= 0.6 is 7.82 Å². The zero-order chi connectivity index (χ0) is 44.0. The highest BCUT2D eigenvalue weighted by molar-refractivity contribution is 7.47. The fraction of sp³-hybridized carbons (Fsp3) is 0.822. The summed E-state index contributed by atoms with van der Waals surface area (Å²) in [4.78, 5) is 35.7. The molecule has 1 saturated carbocycles. The molecule has 2 aliphatic rings. The quantitative estimate of drug-likeness (QED) is 0.0117. The van der Waals surface area contributed by atoms with Gasteiger partial charge >= 0.3 is 19.8 Å². The first kappa shape index (κ1) is 54.2. The number of carbonyl (C=O) groups excluding carboxylic acids is 2. The lowest BCUT2D eigenvalue weighted by atomic mass is 9.85. The summed E-state index contributed by atoms with van der Waals surface area (Å²) in [7, 11) is -5.13. The van der Waals surface area contributed by atoms with Crippen LogP contribution in [0.4, 0.5) is 0 Å². The molecule has 0 bridgehead atoms. The lowest BCUT2D eigenvalue weighted by molar-refractivity contribution is -0.220. The van der Waals surface area contributed by atoms with Crippen LogP contribution in [-0.2, 0) is 37.4 Å². The van der Waals surface area contributed by atoms with Gasteiger partial charge in [-0.25, -0.2) is 4.57 Å². The van der Waals surface area contributed by atoms with Gasteiger partial charge in [-0.05, 0) is 51.4 Å². The highest BCUT2D eigenvalue weighted by Crippen LogP contribution is 2.47. The molecule has 0 aromatic carbocycles. The normalized spacial score (nSPS) is 25.9. The van der Waals surface area contributed by atoms with Crippen molar-refractivity contribution >= 4 is 19.8 Å². The van der Waals surface area contributed by atoms with Crippen LogP contribution in [0.15, 0.2) is 36.5 Å². The van der Waals surface area contributed by atoms with Crippen molar-refractivity contribution in [3.8, 4) is 0 Å². The van der Waals surface area contributed by atoms with Crippen molar-refractivity contribution in [1.82, 2.24) is 0 Å². The van der Waals surface area contributed by atoms with Crippen molar-refractivity contribution in [2.75, 3.05) is 13.2 Å². The number of phosphoric acid groups is 1. The van der Waals surface area contributed by atoms with E-state index in [2.05, 4.69) is 38.2 Å². The van der Waals surface area contributed by atoms with Gasteiger partial charge in [-0.1, -0.05) is 140 Å². The molecule has 2 rings (SSSR count). The molecule has 5 unspecified atom stereocenters. The van der Waals surface area contributed by atoms with Crippen LogP contribution in [0.1, 0.15) is 168 Å². The summed E-state index contributed by atoms with van der Waals surface area (Å²) < 4.78 is 39.2. The Morgan fingerprint density at radius 3 is 1.65 bits per heavy atom. The summed E-state index contributed by atoms with van der Waals surface area (Å²) in [6, 6.07) is 0. The molecule has 14 nitrogen and oxygen atoms in total. The first-order valence-electron chi connectivity index (χ1n) is 22.9. The molecular weight excluding hydrogens is 795 g/mol. The number of hydrogen-bond acceptors (Lipinski definition) is 13. The zero-order valence-corrected chi connectivity index (χ0v) is 37.3.